The highest BCUT2D eigenvalue weighted by molar-refractivity contribution is 5.96. The van der Waals surface area contributed by atoms with Crippen molar-refractivity contribution in [3.63, 3.8) is 0 Å². The number of aromatic amines is 1. The van der Waals surface area contributed by atoms with Gasteiger partial charge < -0.3 is 11.1 Å². The number of fused-ring (bicyclic) bond motifs is 3. The lowest BCUT2D eigenvalue weighted by atomic mass is 10.0. The third-order valence-electron chi connectivity index (χ3n) is 4.55. The summed E-state index contributed by atoms with van der Waals surface area (Å²) in [6.07, 6.45) is 0.752. The summed E-state index contributed by atoms with van der Waals surface area (Å²) in [7, 11) is 1.62. The van der Waals surface area contributed by atoms with Gasteiger partial charge in [-0.15, -0.1) is 0 Å². The van der Waals surface area contributed by atoms with E-state index < -0.39 is 5.91 Å². The number of hydrogen-bond acceptors (Lipinski definition) is 3. The van der Waals surface area contributed by atoms with Crippen molar-refractivity contribution in [2.75, 3.05) is 7.05 Å². The maximum Gasteiger partial charge on any atom is 0.251 e. The van der Waals surface area contributed by atoms with Crippen molar-refractivity contribution < 1.29 is 9.59 Å². The molecule has 0 spiro atoms. The van der Waals surface area contributed by atoms with Crippen LogP contribution in [0.1, 0.15) is 31.8 Å². The van der Waals surface area contributed by atoms with E-state index in [1.165, 1.54) is 0 Å². The molecule has 1 aromatic heterocycles. The van der Waals surface area contributed by atoms with Crippen LogP contribution >= 0.6 is 0 Å². The van der Waals surface area contributed by atoms with Gasteiger partial charge in [-0.2, -0.15) is 5.10 Å². The number of nitrogens with one attached hydrogen (secondary N) is 2. The van der Waals surface area contributed by atoms with E-state index in [4.69, 9.17) is 5.73 Å². The Morgan fingerprint density at radius 2 is 1.84 bits per heavy atom. The van der Waals surface area contributed by atoms with Crippen molar-refractivity contribution in [3.05, 3.63) is 64.7 Å². The van der Waals surface area contributed by atoms with Crippen molar-refractivity contribution in [2.24, 2.45) is 5.73 Å². The van der Waals surface area contributed by atoms with Crippen molar-refractivity contribution in [1.82, 2.24) is 15.5 Å². The lowest BCUT2D eigenvalue weighted by Crippen LogP contribution is -2.17. The van der Waals surface area contributed by atoms with Gasteiger partial charge >= 0.3 is 0 Å². The van der Waals surface area contributed by atoms with Gasteiger partial charge in [-0.1, -0.05) is 18.2 Å². The van der Waals surface area contributed by atoms with Gasteiger partial charge in [-0.3, -0.25) is 14.7 Å². The predicted molar refractivity (Wildman–Crippen MR) is 94.2 cm³/mol. The number of aromatic nitrogens is 2. The third-order valence-corrected chi connectivity index (χ3v) is 4.55. The lowest BCUT2D eigenvalue weighted by molar-refractivity contribution is 0.0961. The molecule has 0 atom stereocenters. The Morgan fingerprint density at radius 1 is 1.12 bits per heavy atom. The lowest BCUT2D eigenvalue weighted by Gasteiger charge is -2.04. The molecule has 0 unspecified atom stereocenters. The number of rotatable bonds is 3. The molecule has 0 saturated heterocycles. The Balaban J connectivity index is 1.75. The molecule has 0 fully saturated rings. The van der Waals surface area contributed by atoms with E-state index in [1.54, 1.807) is 19.2 Å². The van der Waals surface area contributed by atoms with E-state index in [0.29, 0.717) is 11.1 Å². The Bertz CT molecular complexity index is 1000. The average Bonchev–Trinajstić information content (AvgIpc) is 3.19. The SMILES string of the molecule is CNC(=O)c1ccc2c(c1)-c1[nH]nc(-c3ccc(C(N)=O)cc3)c1C2. The minimum atomic E-state index is -0.451. The van der Waals surface area contributed by atoms with Gasteiger partial charge in [0, 0.05) is 41.3 Å². The van der Waals surface area contributed by atoms with Gasteiger partial charge in [-0.05, 0) is 29.8 Å². The second-order valence-electron chi connectivity index (χ2n) is 6.00. The van der Waals surface area contributed by atoms with Crippen molar-refractivity contribution >= 4 is 11.8 Å². The predicted octanol–water partition coefficient (Wildman–Crippen LogP) is 2.11. The maximum atomic E-state index is 11.9. The Morgan fingerprint density at radius 3 is 2.52 bits per heavy atom. The number of benzene rings is 2. The fourth-order valence-electron chi connectivity index (χ4n) is 3.23. The molecule has 0 radical (unpaired) electrons. The zero-order chi connectivity index (χ0) is 17.6. The van der Waals surface area contributed by atoms with Gasteiger partial charge in [0.15, 0.2) is 0 Å². The summed E-state index contributed by atoms with van der Waals surface area (Å²) >= 11 is 0. The minimum absolute atomic E-state index is 0.113. The van der Waals surface area contributed by atoms with Crippen LogP contribution in [0.25, 0.3) is 22.5 Å². The second-order valence-corrected chi connectivity index (χ2v) is 6.00. The summed E-state index contributed by atoms with van der Waals surface area (Å²) in [5.74, 6) is -0.564. The van der Waals surface area contributed by atoms with Gasteiger partial charge in [0.1, 0.15) is 0 Å². The van der Waals surface area contributed by atoms with Gasteiger partial charge in [0.2, 0.25) is 5.91 Å². The number of nitrogens with zero attached hydrogens (tertiary/aromatic N) is 1. The molecule has 2 amide bonds. The van der Waals surface area contributed by atoms with E-state index in [9.17, 15) is 9.59 Å². The smallest absolute Gasteiger partial charge is 0.251 e. The number of amides is 2. The molecule has 1 heterocycles. The number of primary amides is 1. The van der Waals surface area contributed by atoms with Crippen LogP contribution in [0.5, 0.6) is 0 Å². The molecule has 1 aliphatic rings. The Labute approximate surface area is 144 Å². The molecule has 25 heavy (non-hydrogen) atoms. The van der Waals surface area contributed by atoms with Crippen LogP contribution < -0.4 is 11.1 Å². The largest absolute Gasteiger partial charge is 0.366 e. The zero-order valence-corrected chi connectivity index (χ0v) is 13.6. The molecule has 6 nitrogen and oxygen atoms in total. The quantitative estimate of drug-likeness (QED) is 0.535. The minimum Gasteiger partial charge on any atom is -0.366 e. The molecule has 0 saturated carbocycles. The molecule has 4 N–H and O–H groups in total. The topological polar surface area (TPSA) is 101 Å². The van der Waals surface area contributed by atoms with Crippen LogP contribution in [0.4, 0.5) is 0 Å². The Hall–Kier alpha value is -3.41. The molecule has 3 aromatic rings. The fourth-order valence-corrected chi connectivity index (χ4v) is 3.23. The number of hydrogen-bond donors (Lipinski definition) is 3. The molecular formula is C19H16N4O2. The summed E-state index contributed by atoms with van der Waals surface area (Å²) < 4.78 is 0. The van der Waals surface area contributed by atoms with E-state index in [2.05, 4.69) is 15.5 Å². The highest BCUT2D eigenvalue weighted by Gasteiger charge is 2.26. The van der Waals surface area contributed by atoms with E-state index >= 15 is 0 Å². The van der Waals surface area contributed by atoms with Crippen LogP contribution in [-0.2, 0) is 6.42 Å². The molecule has 0 bridgehead atoms. The Kier molecular flexibility index (Phi) is 3.39. The van der Waals surface area contributed by atoms with Gasteiger partial charge in [0.05, 0.1) is 11.4 Å². The van der Waals surface area contributed by atoms with Crippen LogP contribution in [0.2, 0.25) is 0 Å². The number of nitrogens with two attached hydrogens (primary N) is 1. The second kappa shape index (κ2) is 5.59. The summed E-state index contributed by atoms with van der Waals surface area (Å²) in [6, 6.07) is 12.8. The summed E-state index contributed by atoms with van der Waals surface area (Å²) in [4.78, 5) is 23.1. The molecular weight excluding hydrogens is 316 g/mol. The average molecular weight is 332 g/mol. The van der Waals surface area contributed by atoms with Crippen LogP contribution in [0.15, 0.2) is 42.5 Å². The summed E-state index contributed by atoms with van der Waals surface area (Å²) in [5.41, 5.74) is 12.3. The molecule has 4 rings (SSSR count). The third kappa shape index (κ3) is 2.39. The highest BCUT2D eigenvalue weighted by Crippen LogP contribution is 2.40. The van der Waals surface area contributed by atoms with Gasteiger partial charge in [0.25, 0.3) is 5.91 Å². The van der Waals surface area contributed by atoms with Crippen LogP contribution in [0.3, 0.4) is 0 Å². The highest BCUT2D eigenvalue weighted by atomic mass is 16.1. The fraction of sp³-hybridized carbons (Fsp3) is 0.105. The van der Waals surface area contributed by atoms with E-state index in [0.717, 1.165) is 40.1 Å². The van der Waals surface area contributed by atoms with Crippen molar-refractivity contribution in [1.29, 1.82) is 0 Å². The number of carbonyl (C=O) groups is 2. The summed E-state index contributed by atoms with van der Waals surface area (Å²) in [5, 5.41) is 10.2. The molecule has 124 valence electrons. The zero-order valence-electron chi connectivity index (χ0n) is 13.6. The van der Waals surface area contributed by atoms with Gasteiger partial charge in [-0.25, -0.2) is 0 Å². The molecule has 2 aromatic carbocycles. The first-order valence-electron chi connectivity index (χ1n) is 7.91. The number of carbonyl (C=O) groups excluding carboxylic acids is 2. The van der Waals surface area contributed by atoms with Crippen molar-refractivity contribution in [3.8, 4) is 22.5 Å². The molecule has 0 aliphatic heterocycles. The monoisotopic (exact) mass is 332 g/mol. The van der Waals surface area contributed by atoms with Crippen LogP contribution in [0, 0.1) is 0 Å². The summed E-state index contributed by atoms with van der Waals surface area (Å²) in [6.45, 7) is 0. The molecule has 6 heteroatoms. The number of H-pyrrole nitrogens is 1. The van der Waals surface area contributed by atoms with Crippen LogP contribution in [-0.4, -0.2) is 29.1 Å². The van der Waals surface area contributed by atoms with Crippen molar-refractivity contribution in [2.45, 2.75) is 6.42 Å². The molecule has 1 aliphatic carbocycles. The van der Waals surface area contributed by atoms with E-state index in [-0.39, 0.29) is 5.91 Å². The normalized spacial score (nSPS) is 11.7. The maximum absolute atomic E-state index is 11.9. The first-order chi connectivity index (χ1) is 12.1. The first kappa shape index (κ1) is 15.1. The van der Waals surface area contributed by atoms with E-state index in [1.807, 2.05) is 30.3 Å². The standard InChI is InChI=1S/C19H16N4O2/c1-21-19(25)13-7-6-12-8-15-16(22-23-17(15)14(12)9-13)10-2-4-11(5-3-10)18(20)24/h2-7,9H,8H2,1H3,(H2,20,24)(H,21,25)(H,22,23). The first-order valence-corrected chi connectivity index (χ1v) is 7.91.